The number of nitrogens with one attached hydrogen (secondary N) is 2. The number of benzene rings is 2. The lowest BCUT2D eigenvalue weighted by atomic mass is 10.1. The second-order valence-corrected chi connectivity index (χ2v) is 8.86. The zero-order valence-electron chi connectivity index (χ0n) is 19.7. The molecule has 7 nitrogen and oxygen atoms in total. The summed E-state index contributed by atoms with van der Waals surface area (Å²) in [5, 5.41) is 6.83. The van der Waals surface area contributed by atoms with E-state index in [1.54, 1.807) is 30.3 Å². The van der Waals surface area contributed by atoms with Crippen molar-refractivity contribution in [2.45, 2.75) is 13.3 Å². The average molecular weight is 493 g/mol. The standard InChI is InChI=1S/C27H29ClN4O3/c1-19-8-9-21-17-22(25(28)30-23(21)16-19)18-24(31-26(33)20-6-3-2-4-7-20)27(34)29-10-5-11-32-12-14-35-15-13-32/h2-4,6-9,16-18H,5,10-15H2,1H3,(H,29,34)(H,31,33)/b24-18-. The van der Waals surface area contributed by atoms with Crippen LogP contribution < -0.4 is 10.6 Å². The molecule has 0 saturated carbocycles. The van der Waals surface area contributed by atoms with E-state index in [2.05, 4.69) is 20.5 Å². The average Bonchev–Trinajstić information content (AvgIpc) is 2.87. The van der Waals surface area contributed by atoms with E-state index in [-0.39, 0.29) is 22.7 Å². The SMILES string of the molecule is Cc1ccc2cc(/C=C(\NC(=O)c3ccccc3)C(=O)NCCCN3CCOCC3)c(Cl)nc2c1. The smallest absolute Gasteiger partial charge is 0.267 e. The molecule has 1 aliphatic heterocycles. The number of hydrogen-bond acceptors (Lipinski definition) is 5. The van der Waals surface area contributed by atoms with Gasteiger partial charge >= 0.3 is 0 Å². The van der Waals surface area contributed by atoms with Gasteiger partial charge in [0.05, 0.1) is 18.7 Å². The quantitative estimate of drug-likeness (QED) is 0.284. The zero-order chi connectivity index (χ0) is 24.6. The molecule has 0 bridgehead atoms. The molecule has 1 aliphatic rings. The van der Waals surface area contributed by atoms with Crippen LogP contribution in [0.3, 0.4) is 0 Å². The summed E-state index contributed by atoms with van der Waals surface area (Å²) in [5.41, 5.74) is 2.97. The molecule has 0 unspecified atom stereocenters. The highest BCUT2D eigenvalue weighted by Gasteiger charge is 2.16. The number of pyridine rings is 1. The number of rotatable bonds is 8. The van der Waals surface area contributed by atoms with Crippen LogP contribution in [-0.2, 0) is 9.53 Å². The van der Waals surface area contributed by atoms with Crippen molar-refractivity contribution in [3.63, 3.8) is 0 Å². The summed E-state index contributed by atoms with van der Waals surface area (Å²) in [6.07, 6.45) is 2.37. The fourth-order valence-electron chi connectivity index (χ4n) is 3.89. The molecule has 4 rings (SSSR count). The molecule has 3 aromatic rings. The minimum absolute atomic E-state index is 0.111. The number of aryl methyl sites for hydroxylation is 1. The molecule has 8 heteroatoms. The largest absolute Gasteiger partial charge is 0.379 e. The molecule has 0 atom stereocenters. The molecule has 2 aromatic carbocycles. The first kappa shape index (κ1) is 24.9. The number of nitrogens with zero attached hydrogens (tertiary/aromatic N) is 2. The Hall–Kier alpha value is -3.26. The summed E-state index contributed by atoms with van der Waals surface area (Å²) >= 11 is 6.45. The summed E-state index contributed by atoms with van der Waals surface area (Å²) in [7, 11) is 0. The third-order valence-electron chi connectivity index (χ3n) is 5.82. The van der Waals surface area contributed by atoms with Gasteiger partial charge in [0, 0.05) is 36.1 Å². The van der Waals surface area contributed by atoms with Gasteiger partial charge in [0.25, 0.3) is 11.8 Å². The predicted molar refractivity (Wildman–Crippen MR) is 138 cm³/mol. The molecular weight excluding hydrogens is 464 g/mol. The number of carbonyl (C=O) groups excluding carboxylic acids is 2. The highest BCUT2D eigenvalue weighted by Crippen LogP contribution is 2.23. The molecule has 2 amide bonds. The van der Waals surface area contributed by atoms with Crippen molar-refractivity contribution in [3.05, 3.63) is 82.1 Å². The van der Waals surface area contributed by atoms with Crippen LogP contribution in [-0.4, -0.2) is 61.1 Å². The second kappa shape index (κ2) is 11.9. The van der Waals surface area contributed by atoms with E-state index in [0.717, 1.165) is 55.7 Å². The van der Waals surface area contributed by atoms with Gasteiger partial charge in [-0.05, 0) is 55.8 Å². The van der Waals surface area contributed by atoms with Gasteiger partial charge in [-0.3, -0.25) is 14.5 Å². The van der Waals surface area contributed by atoms with Crippen LogP contribution in [0.5, 0.6) is 0 Å². The van der Waals surface area contributed by atoms with Crippen LogP contribution in [0, 0.1) is 6.92 Å². The summed E-state index contributed by atoms with van der Waals surface area (Å²) in [6.45, 7) is 6.63. The first-order valence-electron chi connectivity index (χ1n) is 11.7. The second-order valence-electron chi connectivity index (χ2n) is 8.51. The first-order valence-corrected chi connectivity index (χ1v) is 12.1. The fraction of sp³-hybridized carbons (Fsp3) is 0.296. The Morgan fingerprint density at radius 2 is 1.89 bits per heavy atom. The molecule has 2 N–H and O–H groups in total. The van der Waals surface area contributed by atoms with Crippen molar-refractivity contribution in [1.82, 2.24) is 20.5 Å². The van der Waals surface area contributed by atoms with Crippen molar-refractivity contribution in [3.8, 4) is 0 Å². The van der Waals surface area contributed by atoms with Gasteiger partial charge in [-0.15, -0.1) is 0 Å². The number of amides is 2. The van der Waals surface area contributed by atoms with Gasteiger partial charge in [0.15, 0.2) is 0 Å². The lowest BCUT2D eigenvalue weighted by Crippen LogP contribution is -2.39. The van der Waals surface area contributed by atoms with Crippen LogP contribution in [0.1, 0.15) is 27.9 Å². The number of aromatic nitrogens is 1. The summed E-state index contributed by atoms with van der Waals surface area (Å²) in [6, 6.07) is 16.5. The lowest BCUT2D eigenvalue weighted by Gasteiger charge is -2.26. The molecule has 1 saturated heterocycles. The highest BCUT2D eigenvalue weighted by atomic mass is 35.5. The maximum Gasteiger partial charge on any atom is 0.267 e. The van der Waals surface area contributed by atoms with E-state index >= 15 is 0 Å². The van der Waals surface area contributed by atoms with Gasteiger partial charge in [0.2, 0.25) is 0 Å². The summed E-state index contributed by atoms with van der Waals surface area (Å²) in [4.78, 5) is 32.7. The van der Waals surface area contributed by atoms with Gasteiger partial charge < -0.3 is 15.4 Å². The minimum atomic E-state index is -0.378. The van der Waals surface area contributed by atoms with Gasteiger partial charge in [-0.2, -0.15) is 0 Å². The van der Waals surface area contributed by atoms with Crippen LogP contribution >= 0.6 is 11.6 Å². The molecule has 0 aliphatic carbocycles. The van der Waals surface area contributed by atoms with E-state index in [1.807, 2.05) is 37.3 Å². The van der Waals surface area contributed by atoms with Gasteiger partial charge in [0.1, 0.15) is 10.9 Å². The maximum absolute atomic E-state index is 13.1. The van der Waals surface area contributed by atoms with Crippen LogP contribution in [0.2, 0.25) is 5.15 Å². The molecule has 2 heterocycles. The van der Waals surface area contributed by atoms with Crippen molar-refractivity contribution >= 4 is 40.4 Å². The predicted octanol–water partition coefficient (Wildman–Crippen LogP) is 3.81. The van der Waals surface area contributed by atoms with Crippen molar-refractivity contribution in [2.24, 2.45) is 0 Å². The lowest BCUT2D eigenvalue weighted by molar-refractivity contribution is -0.117. The first-order chi connectivity index (χ1) is 17.0. The Kier molecular flexibility index (Phi) is 8.47. The molecule has 182 valence electrons. The normalized spacial score (nSPS) is 14.6. The number of ether oxygens (including phenoxy) is 1. The molecule has 0 radical (unpaired) electrons. The Balaban J connectivity index is 1.52. The van der Waals surface area contributed by atoms with Gasteiger partial charge in [-0.25, -0.2) is 4.98 Å². The van der Waals surface area contributed by atoms with E-state index in [0.29, 0.717) is 17.7 Å². The molecule has 1 aromatic heterocycles. The van der Waals surface area contributed by atoms with Crippen LogP contribution in [0.25, 0.3) is 17.0 Å². The van der Waals surface area contributed by atoms with Crippen LogP contribution in [0.15, 0.2) is 60.3 Å². The Bertz CT molecular complexity index is 1220. The maximum atomic E-state index is 13.1. The monoisotopic (exact) mass is 492 g/mol. The Morgan fingerprint density at radius 1 is 1.11 bits per heavy atom. The van der Waals surface area contributed by atoms with Crippen molar-refractivity contribution in [2.75, 3.05) is 39.4 Å². The van der Waals surface area contributed by atoms with Gasteiger partial charge in [-0.1, -0.05) is 41.9 Å². The number of hydrogen-bond donors (Lipinski definition) is 2. The number of halogens is 1. The number of morpholine rings is 1. The number of carbonyl (C=O) groups is 2. The summed E-state index contributed by atoms with van der Waals surface area (Å²) < 4.78 is 5.37. The third kappa shape index (κ3) is 6.88. The zero-order valence-corrected chi connectivity index (χ0v) is 20.5. The topological polar surface area (TPSA) is 83.6 Å². The van der Waals surface area contributed by atoms with Crippen LogP contribution in [0.4, 0.5) is 0 Å². The van der Waals surface area contributed by atoms with E-state index in [1.165, 1.54) is 0 Å². The van der Waals surface area contributed by atoms with E-state index in [9.17, 15) is 9.59 Å². The Morgan fingerprint density at radius 3 is 2.66 bits per heavy atom. The third-order valence-corrected chi connectivity index (χ3v) is 6.13. The van der Waals surface area contributed by atoms with Crippen molar-refractivity contribution < 1.29 is 14.3 Å². The minimum Gasteiger partial charge on any atom is -0.379 e. The molecule has 0 spiro atoms. The van der Waals surface area contributed by atoms with E-state index in [4.69, 9.17) is 16.3 Å². The summed E-state index contributed by atoms with van der Waals surface area (Å²) in [5.74, 6) is -0.753. The number of fused-ring (bicyclic) bond motifs is 1. The molecular formula is C27H29ClN4O3. The molecule has 35 heavy (non-hydrogen) atoms. The fourth-order valence-corrected chi connectivity index (χ4v) is 4.09. The molecule has 1 fully saturated rings. The Labute approximate surface area is 210 Å². The van der Waals surface area contributed by atoms with Crippen molar-refractivity contribution in [1.29, 1.82) is 0 Å². The highest BCUT2D eigenvalue weighted by molar-refractivity contribution is 6.31. The van der Waals surface area contributed by atoms with E-state index < -0.39 is 0 Å².